The summed E-state index contributed by atoms with van der Waals surface area (Å²) < 4.78 is 5.84. The van der Waals surface area contributed by atoms with E-state index >= 15 is 0 Å². The zero-order chi connectivity index (χ0) is 16.5. The predicted molar refractivity (Wildman–Crippen MR) is 92.0 cm³/mol. The lowest BCUT2D eigenvalue weighted by atomic mass is 10.1. The third-order valence-electron chi connectivity index (χ3n) is 4.12. The van der Waals surface area contributed by atoms with Gasteiger partial charge in [-0.3, -0.25) is 19.9 Å². The van der Waals surface area contributed by atoms with Crippen molar-refractivity contribution in [1.82, 2.24) is 10.3 Å². The van der Waals surface area contributed by atoms with E-state index in [-0.39, 0.29) is 5.24 Å². The monoisotopic (exact) mass is 338 g/mol. The highest BCUT2D eigenvalue weighted by atomic mass is 32.2. The van der Waals surface area contributed by atoms with Crippen molar-refractivity contribution in [3.8, 4) is 11.8 Å². The van der Waals surface area contributed by atoms with E-state index in [9.17, 15) is 9.59 Å². The van der Waals surface area contributed by atoms with Gasteiger partial charge in [-0.2, -0.15) is 0 Å². The summed E-state index contributed by atoms with van der Waals surface area (Å²) in [5, 5.41) is 2.68. The highest BCUT2D eigenvalue weighted by Crippen LogP contribution is 2.29. The predicted octanol–water partition coefficient (Wildman–Crippen LogP) is 3.69. The number of imide groups is 1. The molecular weight excluding hydrogens is 324 g/mol. The Hall–Kier alpha value is -2.52. The van der Waals surface area contributed by atoms with Crippen molar-refractivity contribution in [1.29, 1.82) is 0 Å². The second-order valence-electron chi connectivity index (χ2n) is 5.86. The van der Waals surface area contributed by atoms with Crippen LogP contribution in [0.25, 0.3) is 17.0 Å². The third-order valence-corrected chi connectivity index (χ3v) is 4.93. The summed E-state index contributed by atoms with van der Waals surface area (Å²) >= 11 is 0.868. The van der Waals surface area contributed by atoms with E-state index < -0.39 is 5.91 Å². The van der Waals surface area contributed by atoms with E-state index in [4.69, 9.17) is 4.42 Å². The van der Waals surface area contributed by atoms with Gasteiger partial charge in [-0.1, -0.05) is 24.7 Å². The van der Waals surface area contributed by atoms with Crippen LogP contribution in [0.1, 0.15) is 37.0 Å². The molecule has 1 saturated carbocycles. The summed E-state index contributed by atoms with van der Waals surface area (Å²) in [6, 6.07) is 1.80. The lowest BCUT2D eigenvalue weighted by Crippen LogP contribution is -2.17. The molecule has 0 atom stereocenters. The van der Waals surface area contributed by atoms with Crippen LogP contribution in [0.2, 0.25) is 0 Å². The van der Waals surface area contributed by atoms with Crippen LogP contribution in [0, 0.1) is 17.8 Å². The van der Waals surface area contributed by atoms with Gasteiger partial charge < -0.3 is 4.42 Å². The molecule has 2 amide bonds. The first-order valence-electron chi connectivity index (χ1n) is 7.83. The second-order valence-corrected chi connectivity index (χ2v) is 6.87. The number of hydrogen-bond acceptors (Lipinski definition) is 5. The fourth-order valence-electron chi connectivity index (χ4n) is 2.94. The number of carbonyl (C=O) groups is 2. The molecule has 2 aromatic rings. The number of furan rings is 1. The Morgan fingerprint density at radius 2 is 2.12 bits per heavy atom. The van der Waals surface area contributed by atoms with Crippen molar-refractivity contribution in [2.24, 2.45) is 5.92 Å². The number of amides is 2. The van der Waals surface area contributed by atoms with E-state index in [1.54, 1.807) is 24.5 Å². The summed E-state index contributed by atoms with van der Waals surface area (Å²) in [7, 11) is 0. The van der Waals surface area contributed by atoms with Crippen LogP contribution in [-0.4, -0.2) is 16.1 Å². The Bertz CT molecular complexity index is 927. The van der Waals surface area contributed by atoms with Gasteiger partial charge in [0.2, 0.25) is 0 Å². The molecule has 120 valence electrons. The number of carbonyl (C=O) groups excluding carboxylic acids is 2. The molecule has 2 aromatic heterocycles. The van der Waals surface area contributed by atoms with E-state index in [2.05, 4.69) is 22.1 Å². The average molecular weight is 338 g/mol. The van der Waals surface area contributed by atoms with Crippen molar-refractivity contribution in [3.63, 3.8) is 0 Å². The van der Waals surface area contributed by atoms with Gasteiger partial charge in [0.15, 0.2) is 5.58 Å². The third kappa shape index (κ3) is 2.95. The number of rotatable bonds is 1. The van der Waals surface area contributed by atoms with Crippen molar-refractivity contribution in [2.75, 3.05) is 0 Å². The van der Waals surface area contributed by atoms with Crippen LogP contribution in [0.5, 0.6) is 0 Å². The first-order chi connectivity index (χ1) is 11.7. The van der Waals surface area contributed by atoms with Gasteiger partial charge in [0, 0.05) is 29.8 Å². The maximum Gasteiger partial charge on any atom is 0.290 e. The van der Waals surface area contributed by atoms with Crippen molar-refractivity contribution in [2.45, 2.75) is 25.7 Å². The molecule has 1 aliphatic heterocycles. The average Bonchev–Trinajstić information content (AvgIpc) is 3.26. The molecule has 0 bridgehead atoms. The van der Waals surface area contributed by atoms with Crippen molar-refractivity contribution >= 4 is 40.0 Å². The topological polar surface area (TPSA) is 72.2 Å². The number of fused-ring (bicyclic) bond motifs is 1. The van der Waals surface area contributed by atoms with Crippen molar-refractivity contribution in [3.05, 3.63) is 34.7 Å². The molecule has 0 aromatic carbocycles. The lowest BCUT2D eigenvalue weighted by Gasteiger charge is -1.96. The Morgan fingerprint density at radius 3 is 2.88 bits per heavy atom. The van der Waals surface area contributed by atoms with Crippen molar-refractivity contribution < 1.29 is 14.0 Å². The van der Waals surface area contributed by atoms with Gasteiger partial charge in [0.05, 0.1) is 10.5 Å². The fraction of sp³-hybridized carbons (Fsp3) is 0.278. The highest BCUT2D eigenvalue weighted by Gasteiger charge is 2.25. The van der Waals surface area contributed by atoms with Crippen LogP contribution in [-0.2, 0) is 4.79 Å². The zero-order valence-corrected chi connectivity index (χ0v) is 13.6. The minimum Gasteiger partial charge on any atom is -0.455 e. The van der Waals surface area contributed by atoms with Gasteiger partial charge in [-0.25, -0.2) is 0 Å². The van der Waals surface area contributed by atoms with Gasteiger partial charge in [-0.05, 0) is 30.7 Å². The summed E-state index contributed by atoms with van der Waals surface area (Å²) in [5.41, 5.74) is 1.42. The van der Waals surface area contributed by atoms with E-state index in [0.717, 1.165) is 35.6 Å². The van der Waals surface area contributed by atoms with E-state index in [0.29, 0.717) is 22.2 Å². The minimum atomic E-state index is -0.398. The molecule has 2 fully saturated rings. The van der Waals surface area contributed by atoms with Gasteiger partial charge in [0.25, 0.3) is 11.1 Å². The Labute approximate surface area is 142 Å². The molecule has 2 aliphatic rings. The summed E-state index contributed by atoms with van der Waals surface area (Å²) in [5.74, 6) is 7.06. The molecule has 1 saturated heterocycles. The largest absolute Gasteiger partial charge is 0.455 e. The number of aromatic nitrogens is 1. The first-order valence-corrected chi connectivity index (χ1v) is 8.64. The Morgan fingerprint density at radius 1 is 1.29 bits per heavy atom. The summed E-state index contributed by atoms with van der Waals surface area (Å²) in [4.78, 5) is 27.4. The summed E-state index contributed by atoms with van der Waals surface area (Å²) in [6.45, 7) is 0. The van der Waals surface area contributed by atoms with Crippen LogP contribution in [0.4, 0.5) is 4.79 Å². The first kappa shape index (κ1) is 15.0. The van der Waals surface area contributed by atoms with Crippen LogP contribution in [0.15, 0.2) is 27.8 Å². The summed E-state index contributed by atoms with van der Waals surface area (Å²) in [6.07, 6.45) is 9.79. The van der Waals surface area contributed by atoms with Crippen LogP contribution in [0.3, 0.4) is 0 Å². The van der Waals surface area contributed by atoms with Crippen LogP contribution >= 0.6 is 11.8 Å². The van der Waals surface area contributed by atoms with Gasteiger partial charge in [0.1, 0.15) is 5.76 Å². The molecule has 6 heteroatoms. The standard InChI is InChI=1S/C18H14N2O3S/c21-17-15(24-18(22)20-17)8-14-7-13-10-19-9-12(16(13)23-14)6-5-11-3-1-2-4-11/h7-11H,1-4H2,(H,20,21,22)/b15-8-. The van der Waals surface area contributed by atoms with Crippen LogP contribution < -0.4 is 5.32 Å². The minimum absolute atomic E-state index is 0.325. The number of hydrogen-bond donors (Lipinski definition) is 1. The number of nitrogens with zero attached hydrogens (tertiary/aromatic N) is 1. The number of thioether (sulfide) groups is 1. The van der Waals surface area contributed by atoms with Gasteiger partial charge >= 0.3 is 0 Å². The number of pyridine rings is 1. The second kappa shape index (κ2) is 6.17. The van der Waals surface area contributed by atoms with E-state index in [1.165, 1.54) is 12.8 Å². The lowest BCUT2D eigenvalue weighted by molar-refractivity contribution is -0.115. The molecule has 0 radical (unpaired) electrons. The fourth-order valence-corrected chi connectivity index (χ4v) is 3.60. The molecule has 5 nitrogen and oxygen atoms in total. The molecule has 4 rings (SSSR count). The Balaban J connectivity index is 1.68. The smallest absolute Gasteiger partial charge is 0.290 e. The zero-order valence-electron chi connectivity index (χ0n) is 12.8. The molecule has 3 heterocycles. The molecule has 0 spiro atoms. The maximum atomic E-state index is 11.6. The van der Waals surface area contributed by atoms with Gasteiger partial charge in [-0.15, -0.1) is 0 Å². The molecular formula is C18H14N2O3S. The molecule has 24 heavy (non-hydrogen) atoms. The molecule has 1 aliphatic carbocycles. The SMILES string of the molecule is O=C1NC(=O)/C(=C/c2cc3cncc(C#CC4CCCC4)c3o2)S1. The normalized spacial score (nSPS) is 19.8. The number of nitrogens with one attached hydrogen (secondary N) is 1. The molecule has 1 N–H and O–H groups in total. The van der Waals surface area contributed by atoms with E-state index in [1.807, 2.05) is 0 Å². The quantitative estimate of drug-likeness (QED) is 0.634. The maximum absolute atomic E-state index is 11.6. The Kier molecular flexibility index (Phi) is 3.87. The highest BCUT2D eigenvalue weighted by molar-refractivity contribution is 8.18. The molecule has 0 unspecified atom stereocenters.